The van der Waals surface area contributed by atoms with Gasteiger partial charge in [-0.1, -0.05) is 29.8 Å². The average Bonchev–Trinajstić information content (AvgIpc) is 3.34. The van der Waals surface area contributed by atoms with Crippen molar-refractivity contribution in [2.45, 2.75) is 26.5 Å². The number of aryl methyl sites for hydroxylation is 2. The Bertz CT molecular complexity index is 953. The van der Waals surface area contributed by atoms with Crippen LogP contribution in [0.1, 0.15) is 27.9 Å². The number of carbonyl (C=O) groups excluding carboxylic acids is 2. The van der Waals surface area contributed by atoms with Crippen LogP contribution < -0.4 is 21.1 Å². The van der Waals surface area contributed by atoms with Crippen LogP contribution in [0.15, 0.2) is 43.0 Å². The number of anilines is 1. The van der Waals surface area contributed by atoms with Crippen molar-refractivity contribution < 1.29 is 14.3 Å². The Labute approximate surface area is 172 Å². The number of amides is 3. The van der Waals surface area contributed by atoms with Crippen molar-refractivity contribution >= 4 is 28.5 Å². The maximum Gasteiger partial charge on any atom is 0.319 e. The number of urea groups is 1. The third kappa shape index (κ3) is 5.79. The molecule has 0 aliphatic carbocycles. The van der Waals surface area contributed by atoms with Gasteiger partial charge in [0, 0.05) is 25.5 Å². The number of nitrogens with two attached hydrogens (primary N) is 1. The van der Waals surface area contributed by atoms with Crippen LogP contribution >= 0.6 is 11.5 Å². The monoisotopic (exact) mass is 414 g/mol. The van der Waals surface area contributed by atoms with Gasteiger partial charge in [-0.15, -0.1) is 0 Å². The molecule has 3 aromatic rings. The zero-order valence-corrected chi connectivity index (χ0v) is 16.7. The summed E-state index contributed by atoms with van der Waals surface area (Å²) in [7, 11) is 0. The van der Waals surface area contributed by atoms with Crippen LogP contribution in [0.25, 0.3) is 0 Å². The number of nitrogens with one attached hydrogen (secondary N) is 2. The van der Waals surface area contributed by atoms with Crippen molar-refractivity contribution in [1.82, 2.24) is 19.2 Å². The maximum atomic E-state index is 12.1. The van der Waals surface area contributed by atoms with E-state index in [9.17, 15) is 9.59 Å². The SMILES string of the molecule is Cc1ccc(COc2nsc(NC(=O)NCCCn3ccnc3)c2C(N)=O)cc1. The molecule has 2 heterocycles. The molecule has 0 spiro atoms. The molecule has 0 fully saturated rings. The lowest BCUT2D eigenvalue weighted by Crippen LogP contribution is -2.30. The summed E-state index contributed by atoms with van der Waals surface area (Å²) in [5.74, 6) is -0.605. The number of ether oxygens (including phenoxy) is 1. The van der Waals surface area contributed by atoms with Crippen LogP contribution in [0.4, 0.5) is 9.80 Å². The molecular weight excluding hydrogens is 392 g/mol. The van der Waals surface area contributed by atoms with Gasteiger partial charge in [0.1, 0.15) is 17.2 Å². The molecule has 0 atom stereocenters. The van der Waals surface area contributed by atoms with E-state index in [2.05, 4.69) is 20.0 Å². The summed E-state index contributed by atoms with van der Waals surface area (Å²) < 4.78 is 11.7. The Kier molecular flexibility index (Phi) is 6.80. The number of aromatic nitrogens is 3. The Hall–Kier alpha value is -3.40. The highest BCUT2D eigenvalue weighted by molar-refractivity contribution is 7.11. The minimum absolute atomic E-state index is 0.0654. The molecule has 29 heavy (non-hydrogen) atoms. The van der Waals surface area contributed by atoms with E-state index in [4.69, 9.17) is 10.5 Å². The summed E-state index contributed by atoms with van der Waals surface area (Å²) in [6, 6.07) is 7.37. The Balaban J connectivity index is 1.53. The lowest BCUT2D eigenvalue weighted by molar-refractivity contribution is 0.0996. The first kappa shape index (κ1) is 20.3. The van der Waals surface area contributed by atoms with Gasteiger partial charge in [0.25, 0.3) is 5.91 Å². The normalized spacial score (nSPS) is 10.5. The summed E-state index contributed by atoms with van der Waals surface area (Å²) >= 11 is 0.947. The summed E-state index contributed by atoms with van der Waals surface area (Å²) in [6.07, 6.45) is 6.01. The van der Waals surface area contributed by atoms with Gasteiger partial charge in [-0.3, -0.25) is 10.1 Å². The molecule has 4 N–H and O–H groups in total. The number of hydrogen-bond acceptors (Lipinski definition) is 6. The number of nitrogens with zero attached hydrogens (tertiary/aromatic N) is 3. The molecule has 1 aromatic carbocycles. The molecule has 10 heteroatoms. The molecule has 9 nitrogen and oxygen atoms in total. The lowest BCUT2D eigenvalue weighted by Gasteiger charge is -2.08. The van der Waals surface area contributed by atoms with Gasteiger partial charge < -0.3 is 20.4 Å². The van der Waals surface area contributed by atoms with Crippen molar-refractivity contribution in [1.29, 1.82) is 0 Å². The van der Waals surface area contributed by atoms with E-state index in [-0.39, 0.29) is 23.1 Å². The van der Waals surface area contributed by atoms with E-state index in [0.29, 0.717) is 6.54 Å². The van der Waals surface area contributed by atoms with Gasteiger partial charge in [-0.25, -0.2) is 9.78 Å². The topological polar surface area (TPSA) is 124 Å². The molecule has 0 aliphatic heterocycles. The standard InChI is InChI=1S/C19H22N6O3S/c1-13-3-5-14(6-4-13)11-28-17-15(16(20)26)18(29-24-17)23-19(27)22-7-2-9-25-10-8-21-12-25/h3-6,8,10,12H,2,7,9,11H2,1H3,(H2,20,26)(H2,22,23,27). The zero-order chi connectivity index (χ0) is 20.6. The van der Waals surface area contributed by atoms with Crippen molar-refractivity contribution in [3.05, 3.63) is 59.7 Å². The van der Waals surface area contributed by atoms with Crippen molar-refractivity contribution in [3.63, 3.8) is 0 Å². The summed E-state index contributed by atoms with van der Waals surface area (Å²) in [4.78, 5) is 27.9. The first-order valence-electron chi connectivity index (χ1n) is 9.01. The molecule has 152 valence electrons. The van der Waals surface area contributed by atoms with Gasteiger partial charge in [0.15, 0.2) is 0 Å². The molecule has 0 unspecified atom stereocenters. The Morgan fingerprint density at radius 2 is 2.07 bits per heavy atom. The molecule has 0 bridgehead atoms. The molecular formula is C19H22N6O3S. The second-order valence-electron chi connectivity index (χ2n) is 6.37. The number of hydrogen-bond donors (Lipinski definition) is 3. The number of primary amides is 1. The van der Waals surface area contributed by atoms with Crippen LogP contribution in [0, 0.1) is 6.92 Å². The minimum Gasteiger partial charge on any atom is -0.472 e. The largest absolute Gasteiger partial charge is 0.472 e. The number of carbonyl (C=O) groups is 2. The Morgan fingerprint density at radius 3 is 2.76 bits per heavy atom. The average molecular weight is 414 g/mol. The van der Waals surface area contributed by atoms with Gasteiger partial charge >= 0.3 is 6.03 Å². The zero-order valence-electron chi connectivity index (χ0n) is 15.9. The fraction of sp³-hybridized carbons (Fsp3) is 0.263. The molecule has 0 saturated heterocycles. The first-order chi connectivity index (χ1) is 14.0. The van der Waals surface area contributed by atoms with Crippen LogP contribution in [0.2, 0.25) is 0 Å². The highest BCUT2D eigenvalue weighted by atomic mass is 32.1. The molecule has 2 aromatic heterocycles. The quantitative estimate of drug-likeness (QED) is 0.464. The van der Waals surface area contributed by atoms with Crippen molar-refractivity contribution in [2.75, 3.05) is 11.9 Å². The third-order valence-corrected chi connectivity index (χ3v) is 4.81. The van der Waals surface area contributed by atoms with Crippen LogP contribution in [-0.4, -0.2) is 32.4 Å². The maximum absolute atomic E-state index is 12.1. The van der Waals surface area contributed by atoms with E-state index in [0.717, 1.165) is 35.6 Å². The van der Waals surface area contributed by atoms with Crippen molar-refractivity contribution in [3.8, 4) is 5.88 Å². The predicted octanol–water partition coefficient (Wildman–Crippen LogP) is 2.54. The van der Waals surface area contributed by atoms with Gasteiger partial charge in [0.05, 0.1) is 6.33 Å². The third-order valence-electron chi connectivity index (χ3n) is 4.07. The van der Waals surface area contributed by atoms with E-state index < -0.39 is 11.9 Å². The lowest BCUT2D eigenvalue weighted by atomic mass is 10.2. The minimum atomic E-state index is -0.715. The van der Waals surface area contributed by atoms with Crippen LogP contribution in [0.3, 0.4) is 0 Å². The van der Waals surface area contributed by atoms with E-state index >= 15 is 0 Å². The fourth-order valence-corrected chi connectivity index (χ4v) is 3.28. The molecule has 0 aliphatic rings. The van der Waals surface area contributed by atoms with Crippen molar-refractivity contribution in [2.24, 2.45) is 5.73 Å². The summed E-state index contributed by atoms with van der Waals surface area (Å²) in [6.45, 7) is 3.44. The van der Waals surface area contributed by atoms with Gasteiger partial charge in [-0.05, 0) is 30.4 Å². The highest BCUT2D eigenvalue weighted by Crippen LogP contribution is 2.30. The number of rotatable bonds is 9. The molecule has 3 rings (SSSR count). The van der Waals surface area contributed by atoms with E-state index in [1.54, 1.807) is 12.5 Å². The smallest absolute Gasteiger partial charge is 0.319 e. The second-order valence-corrected chi connectivity index (χ2v) is 7.14. The molecule has 3 amide bonds. The molecule has 0 saturated carbocycles. The highest BCUT2D eigenvalue weighted by Gasteiger charge is 2.21. The fourth-order valence-electron chi connectivity index (χ4n) is 2.54. The summed E-state index contributed by atoms with van der Waals surface area (Å²) in [5.41, 5.74) is 7.61. The predicted molar refractivity (Wildman–Crippen MR) is 110 cm³/mol. The first-order valence-corrected chi connectivity index (χ1v) is 9.78. The summed E-state index contributed by atoms with van der Waals surface area (Å²) in [5, 5.41) is 5.61. The number of imidazole rings is 1. The van der Waals surface area contributed by atoms with Crippen LogP contribution in [-0.2, 0) is 13.2 Å². The van der Waals surface area contributed by atoms with Gasteiger partial charge in [-0.2, -0.15) is 4.37 Å². The van der Waals surface area contributed by atoms with Gasteiger partial charge in [0.2, 0.25) is 5.88 Å². The Morgan fingerprint density at radius 1 is 1.28 bits per heavy atom. The van der Waals surface area contributed by atoms with E-state index in [1.807, 2.05) is 42.0 Å². The second kappa shape index (κ2) is 9.69. The van der Waals surface area contributed by atoms with Crippen LogP contribution in [0.5, 0.6) is 5.88 Å². The van der Waals surface area contributed by atoms with E-state index in [1.165, 1.54) is 0 Å². The molecule has 0 radical (unpaired) electrons. The number of benzene rings is 1.